The Balaban J connectivity index is 3.34. The van der Waals surface area contributed by atoms with Crippen molar-refractivity contribution in [2.45, 2.75) is 6.92 Å². The zero-order valence-electron chi connectivity index (χ0n) is 10.9. The number of hydrogen-bond donors (Lipinski definition) is 1. The second kappa shape index (κ2) is 6.58. The third kappa shape index (κ3) is 3.13. The van der Waals surface area contributed by atoms with Gasteiger partial charge in [0.1, 0.15) is 29.7 Å². The number of methoxy groups -OCH3 is 1. The Bertz CT molecular complexity index is 683. The fourth-order valence-electron chi connectivity index (χ4n) is 1.44. The zero-order chi connectivity index (χ0) is 15.1. The van der Waals surface area contributed by atoms with Gasteiger partial charge in [0.2, 0.25) is 0 Å². The summed E-state index contributed by atoms with van der Waals surface area (Å²) in [4.78, 5) is 11.3. The summed E-state index contributed by atoms with van der Waals surface area (Å²) in [6.45, 7) is 1.41. The topological polar surface area (TPSA) is 110 Å². The van der Waals surface area contributed by atoms with Gasteiger partial charge in [-0.2, -0.15) is 15.8 Å². The summed E-state index contributed by atoms with van der Waals surface area (Å²) < 4.78 is 5.10. The Kier molecular flexibility index (Phi) is 4.86. The molecular formula is C14H10N4O2. The van der Waals surface area contributed by atoms with Crippen molar-refractivity contribution in [3.63, 3.8) is 0 Å². The quantitative estimate of drug-likeness (QED) is 0.660. The number of ether oxygens (including phenoxy) is 1. The fourth-order valence-corrected chi connectivity index (χ4v) is 1.44. The van der Waals surface area contributed by atoms with E-state index in [1.165, 1.54) is 20.1 Å². The maximum atomic E-state index is 11.3. The third-order valence-electron chi connectivity index (χ3n) is 2.45. The lowest BCUT2D eigenvalue weighted by Gasteiger charge is -2.11. The van der Waals surface area contributed by atoms with Crippen molar-refractivity contribution in [2.24, 2.45) is 0 Å². The molecule has 1 N–H and O–H groups in total. The van der Waals surface area contributed by atoms with Crippen LogP contribution in [0.1, 0.15) is 17.3 Å². The first-order chi connectivity index (χ1) is 9.57. The number of benzene rings is 1. The van der Waals surface area contributed by atoms with E-state index in [4.69, 9.17) is 20.5 Å². The van der Waals surface area contributed by atoms with Gasteiger partial charge in [0, 0.05) is 5.56 Å². The first-order valence-corrected chi connectivity index (χ1v) is 5.48. The van der Waals surface area contributed by atoms with Crippen molar-refractivity contribution in [3.8, 4) is 24.0 Å². The number of Topliss-reactive ketones (excluding diaryl/α,β-unsaturated/α-hetero) is 1. The van der Waals surface area contributed by atoms with Gasteiger partial charge in [-0.1, -0.05) is 0 Å². The van der Waals surface area contributed by atoms with Gasteiger partial charge in [-0.05, 0) is 25.1 Å². The predicted octanol–water partition coefficient (Wildman–Crippen LogP) is 2.13. The van der Waals surface area contributed by atoms with Crippen LogP contribution >= 0.6 is 0 Å². The molecule has 98 valence electrons. The van der Waals surface area contributed by atoms with Crippen molar-refractivity contribution in [1.82, 2.24) is 0 Å². The van der Waals surface area contributed by atoms with Crippen molar-refractivity contribution >= 4 is 11.5 Å². The largest absolute Gasteiger partial charge is 0.495 e. The molecule has 6 nitrogen and oxygen atoms in total. The first-order valence-electron chi connectivity index (χ1n) is 5.48. The van der Waals surface area contributed by atoms with Crippen LogP contribution < -0.4 is 10.1 Å². The van der Waals surface area contributed by atoms with Crippen LogP contribution in [-0.2, 0) is 0 Å². The lowest BCUT2D eigenvalue weighted by molar-refractivity contribution is 0.101. The van der Waals surface area contributed by atoms with E-state index in [1.807, 2.05) is 0 Å². The molecule has 0 radical (unpaired) electrons. The van der Waals surface area contributed by atoms with Gasteiger partial charge in [0.15, 0.2) is 11.4 Å². The molecule has 0 bridgehead atoms. The maximum Gasteiger partial charge on any atom is 0.163 e. The summed E-state index contributed by atoms with van der Waals surface area (Å²) in [5, 5.41) is 29.2. The molecule has 6 heteroatoms. The molecule has 0 atom stereocenters. The summed E-state index contributed by atoms with van der Waals surface area (Å²) in [6.07, 6.45) is 0. The average molecular weight is 266 g/mol. The number of anilines is 1. The number of carbonyl (C=O) groups excluding carboxylic acids is 1. The highest BCUT2D eigenvalue weighted by Crippen LogP contribution is 2.27. The Morgan fingerprint density at radius 1 is 1.20 bits per heavy atom. The minimum absolute atomic E-state index is 0.154. The number of allylic oxidation sites excluding steroid dienone is 2. The van der Waals surface area contributed by atoms with Crippen LogP contribution in [0.15, 0.2) is 29.5 Å². The van der Waals surface area contributed by atoms with E-state index in [2.05, 4.69) is 5.32 Å². The van der Waals surface area contributed by atoms with Gasteiger partial charge in [-0.25, -0.2) is 0 Å². The number of nitriles is 3. The predicted molar refractivity (Wildman–Crippen MR) is 70.5 cm³/mol. The lowest BCUT2D eigenvalue weighted by atomic mass is 10.1. The Morgan fingerprint density at radius 3 is 2.30 bits per heavy atom. The second-order valence-electron chi connectivity index (χ2n) is 3.68. The maximum absolute atomic E-state index is 11.3. The van der Waals surface area contributed by atoms with Crippen LogP contribution in [0.3, 0.4) is 0 Å². The van der Waals surface area contributed by atoms with Crippen molar-refractivity contribution in [2.75, 3.05) is 12.4 Å². The monoisotopic (exact) mass is 266 g/mol. The average Bonchev–Trinajstić information content (AvgIpc) is 2.46. The van der Waals surface area contributed by atoms with Crippen molar-refractivity contribution < 1.29 is 9.53 Å². The number of nitrogens with one attached hydrogen (secondary N) is 1. The number of ketones is 1. The highest BCUT2D eigenvalue weighted by atomic mass is 16.5. The molecule has 1 rings (SSSR count). The summed E-state index contributed by atoms with van der Waals surface area (Å²) in [6, 6.07) is 9.62. The Hall–Kier alpha value is -3.30. The van der Waals surface area contributed by atoms with Crippen LogP contribution in [0.5, 0.6) is 5.75 Å². The van der Waals surface area contributed by atoms with Crippen LogP contribution in [0.2, 0.25) is 0 Å². The van der Waals surface area contributed by atoms with Crippen LogP contribution in [0, 0.1) is 34.0 Å². The number of hydrogen-bond acceptors (Lipinski definition) is 6. The first kappa shape index (κ1) is 14.8. The summed E-state index contributed by atoms with van der Waals surface area (Å²) in [7, 11) is 1.43. The molecule has 0 aliphatic heterocycles. The van der Waals surface area contributed by atoms with Gasteiger partial charge >= 0.3 is 0 Å². The van der Waals surface area contributed by atoms with Gasteiger partial charge in [0.25, 0.3) is 0 Å². The van der Waals surface area contributed by atoms with Gasteiger partial charge < -0.3 is 10.1 Å². The minimum Gasteiger partial charge on any atom is -0.495 e. The molecule has 1 aromatic carbocycles. The molecule has 0 aliphatic rings. The molecule has 1 aromatic rings. The van der Waals surface area contributed by atoms with E-state index in [9.17, 15) is 4.79 Å². The number of rotatable bonds is 4. The van der Waals surface area contributed by atoms with E-state index in [1.54, 1.807) is 30.3 Å². The molecule has 0 fully saturated rings. The third-order valence-corrected chi connectivity index (χ3v) is 2.45. The van der Waals surface area contributed by atoms with E-state index < -0.39 is 0 Å². The Morgan fingerprint density at radius 2 is 1.85 bits per heavy atom. The zero-order valence-corrected chi connectivity index (χ0v) is 10.9. The van der Waals surface area contributed by atoms with Crippen molar-refractivity contribution in [3.05, 3.63) is 35.0 Å². The smallest absolute Gasteiger partial charge is 0.163 e. The van der Waals surface area contributed by atoms with E-state index in [-0.39, 0.29) is 17.1 Å². The van der Waals surface area contributed by atoms with E-state index in [0.717, 1.165) is 0 Å². The molecule has 0 aromatic heterocycles. The lowest BCUT2D eigenvalue weighted by Crippen LogP contribution is -2.04. The van der Waals surface area contributed by atoms with Gasteiger partial charge in [0.05, 0.1) is 12.8 Å². The van der Waals surface area contributed by atoms with E-state index in [0.29, 0.717) is 17.0 Å². The standard InChI is InChI=1S/C14H10N4O2/c1-9(19)10-3-4-14(20-2)12(5-10)18-13(8-17)11(6-15)7-16/h3-5,18H,1-2H3. The second-order valence-corrected chi connectivity index (χ2v) is 3.68. The molecule has 0 saturated heterocycles. The highest BCUT2D eigenvalue weighted by molar-refractivity contribution is 5.95. The number of carbonyl (C=O) groups is 1. The van der Waals surface area contributed by atoms with Crippen molar-refractivity contribution in [1.29, 1.82) is 15.8 Å². The molecular weight excluding hydrogens is 256 g/mol. The number of nitrogens with zero attached hydrogens (tertiary/aromatic N) is 3. The highest BCUT2D eigenvalue weighted by Gasteiger charge is 2.11. The van der Waals surface area contributed by atoms with Gasteiger partial charge in [-0.15, -0.1) is 0 Å². The molecule has 0 unspecified atom stereocenters. The fraction of sp³-hybridized carbons (Fsp3) is 0.143. The summed E-state index contributed by atoms with van der Waals surface area (Å²) in [5.74, 6) is 0.233. The van der Waals surface area contributed by atoms with Gasteiger partial charge in [-0.3, -0.25) is 4.79 Å². The molecule has 0 heterocycles. The van der Waals surface area contributed by atoms with Crippen LogP contribution in [0.25, 0.3) is 0 Å². The van der Waals surface area contributed by atoms with E-state index >= 15 is 0 Å². The molecule has 0 amide bonds. The molecule has 20 heavy (non-hydrogen) atoms. The van der Waals surface area contributed by atoms with Crippen LogP contribution in [-0.4, -0.2) is 12.9 Å². The summed E-state index contributed by atoms with van der Waals surface area (Å²) >= 11 is 0. The SMILES string of the molecule is COc1ccc(C(C)=O)cc1NC(C#N)=C(C#N)C#N. The Labute approximate surface area is 116 Å². The molecule has 0 saturated carbocycles. The summed E-state index contributed by atoms with van der Waals surface area (Å²) in [5.41, 5.74) is 0.206. The molecule has 0 spiro atoms. The minimum atomic E-state index is -0.345. The molecule has 0 aliphatic carbocycles. The normalized spacial score (nSPS) is 8.55. The van der Waals surface area contributed by atoms with Crippen LogP contribution in [0.4, 0.5) is 5.69 Å².